The van der Waals surface area contributed by atoms with Gasteiger partial charge >= 0.3 is 6.18 Å². The van der Waals surface area contributed by atoms with Gasteiger partial charge in [-0.25, -0.2) is 0 Å². The molecule has 1 N–H and O–H groups in total. The van der Waals surface area contributed by atoms with Crippen molar-refractivity contribution in [2.24, 2.45) is 0 Å². The quantitative estimate of drug-likeness (QED) is 0.822. The van der Waals surface area contributed by atoms with Gasteiger partial charge in [0.1, 0.15) is 0 Å². The molecule has 0 unspecified atom stereocenters. The fourth-order valence-corrected chi connectivity index (χ4v) is 2.09. The van der Waals surface area contributed by atoms with Gasteiger partial charge in [0.05, 0.1) is 5.56 Å². The lowest BCUT2D eigenvalue weighted by Gasteiger charge is -2.12. The molecule has 16 heavy (non-hydrogen) atoms. The van der Waals surface area contributed by atoms with Crippen molar-refractivity contribution in [2.45, 2.75) is 31.5 Å². The lowest BCUT2D eigenvalue weighted by molar-refractivity contribution is -0.137. The molecule has 1 atom stereocenters. The summed E-state index contributed by atoms with van der Waals surface area (Å²) in [6.07, 6.45) is -1.39. The first-order valence-electron chi connectivity index (χ1n) is 5.45. The lowest BCUT2D eigenvalue weighted by atomic mass is 10.0. The molecule has 1 aromatic carbocycles. The SMILES string of the molecule is FC(F)(F)c1cccc(C[C@H]2CCCN2)c1. The molecule has 1 aliphatic rings. The van der Waals surface area contributed by atoms with Crippen molar-refractivity contribution in [1.82, 2.24) is 5.32 Å². The Morgan fingerprint density at radius 1 is 1.31 bits per heavy atom. The van der Waals surface area contributed by atoms with E-state index in [1.807, 2.05) is 0 Å². The molecule has 0 saturated carbocycles. The van der Waals surface area contributed by atoms with Crippen LogP contribution in [0.3, 0.4) is 0 Å². The fourth-order valence-electron chi connectivity index (χ4n) is 2.09. The summed E-state index contributed by atoms with van der Waals surface area (Å²) in [5, 5.41) is 3.28. The highest BCUT2D eigenvalue weighted by atomic mass is 19.4. The van der Waals surface area contributed by atoms with Crippen LogP contribution in [0.1, 0.15) is 24.0 Å². The predicted molar refractivity (Wildman–Crippen MR) is 56.2 cm³/mol. The van der Waals surface area contributed by atoms with E-state index in [-0.39, 0.29) is 0 Å². The molecule has 0 spiro atoms. The van der Waals surface area contributed by atoms with Gasteiger partial charge in [0.25, 0.3) is 0 Å². The van der Waals surface area contributed by atoms with E-state index < -0.39 is 11.7 Å². The zero-order valence-electron chi connectivity index (χ0n) is 8.85. The Bertz CT molecular complexity index is 354. The first-order valence-corrected chi connectivity index (χ1v) is 5.45. The minimum Gasteiger partial charge on any atom is -0.314 e. The van der Waals surface area contributed by atoms with Crippen LogP contribution in [-0.2, 0) is 12.6 Å². The molecule has 1 saturated heterocycles. The first kappa shape index (κ1) is 11.5. The minimum atomic E-state index is -4.24. The second kappa shape index (κ2) is 4.45. The van der Waals surface area contributed by atoms with E-state index in [1.54, 1.807) is 6.07 Å². The van der Waals surface area contributed by atoms with Crippen molar-refractivity contribution in [3.8, 4) is 0 Å². The maximum Gasteiger partial charge on any atom is 0.416 e. The topological polar surface area (TPSA) is 12.0 Å². The fraction of sp³-hybridized carbons (Fsp3) is 0.500. The average Bonchev–Trinajstić information content (AvgIpc) is 2.70. The standard InChI is InChI=1S/C12H14F3N/c13-12(14,15)10-4-1-3-9(7-10)8-11-5-2-6-16-11/h1,3-4,7,11,16H,2,5-6,8H2/t11-/m1/s1. The number of hydrogen-bond acceptors (Lipinski definition) is 1. The maximum absolute atomic E-state index is 12.5. The normalized spacial score (nSPS) is 21.3. The Hall–Kier alpha value is -1.03. The number of hydrogen-bond donors (Lipinski definition) is 1. The maximum atomic E-state index is 12.5. The summed E-state index contributed by atoms with van der Waals surface area (Å²) in [6.45, 7) is 0.976. The molecule has 0 aliphatic carbocycles. The summed E-state index contributed by atoms with van der Waals surface area (Å²) in [4.78, 5) is 0. The second-order valence-electron chi connectivity index (χ2n) is 4.20. The molecular weight excluding hydrogens is 215 g/mol. The van der Waals surface area contributed by atoms with Crippen molar-refractivity contribution in [3.05, 3.63) is 35.4 Å². The monoisotopic (exact) mass is 229 g/mol. The van der Waals surface area contributed by atoms with Crippen LogP contribution in [0, 0.1) is 0 Å². The number of rotatable bonds is 2. The van der Waals surface area contributed by atoms with Gasteiger partial charge in [-0.1, -0.05) is 18.2 Å². The Morgan fingerprint density at radius 2 is 2.12 bits per heavy atom. The van der Waals surface area contributed by atoms with Crippen LogP contribution in [0.4, 0.5) is 13.2 Å². The van der Waals surface area contributed by atoms with Crippen LogP contribution in [0.25, 0.3) is 0 Å². The van der Waals surface area contributed by atoms with E-state index in [2.05, 4.69) is 5.32 Å². The van der Waals surface area contributed by atoms with Crippen LogP contribution in [0.15, 0.2) is 24.3 Å². The highest BCUT2D eigenvalue weighted by molar-refractivity contribution is 5.26. The molecule has 4 heteroatoms. The van der Waals surface area contributed by atoms with Crippen LogP contribution in [0.2, 0.25) is 0 Å². The average molecular weight is 229 g/mol. The predicted octanol–water partition coefficient (Wildman–Crippen LogP) is 3.00. The Labute approximate surface area is 92.7 Å². The van der Waals surface area contributed by atoms with Crippen LogP contribution in [0.5, 0.6) is 0 Å². The summed E-state index contributed by atoms with van der Waals surface area (Å²) in [7, 11) is 0. The van der Waals surface area contributed by atoms with Gasteiger partial charge in [-0.05, 0) is 37.4 Å². The third-order valence-electron chi connectivity index (χ3n) is 2.90. The Kier molecular flexibility index (Phi) is 3.19. The molecular formula is C12H14F3N. The molecule has 0 aromatic heterocycles. The largest absolute Gasteiger partial charge is 0.416 e. The minimum absolute atomic E-state index is 0.337. The third kappa shape index (κ3) is 2.76. The van der Waals surface area contributed by atoms with Crippen molar-refractivity contribution in [3.63, 3.8) is 0 Å². The molecule has 1 aromatic rings. The zero-order valence-corrected chi connectivity index (χ0v) is 8.85. The number of alkyl halides is 3. The zero-order chi connectivity index (χ0) is 11.6. The summed E-state index contributed by atoms with van der Waals surface area (Å²) in [5.41, 5.74) is 0.206. The number of benzene rings is 1. The van der Waals surface area contributed by atoms with E-state index >= 15 is 0 Å². The molecule has 2 rings (SSSR count). The summed E-state index contributed by atoms with van der Waals surface area (Å²) in [5.74, 6) is 0. The molecule has 88 valence electrons. The van der Waals surface area contributed by atoms with E-state index in [4.69, 9.17) is 0 Å². The van der Waals surface area contributed by atoms with Gasteiger partial charge in [0.2, 0.25) is 0 Å². The van der Waals surface area contributed by atoms with Gasteiger partial charge in [0.15, 0.2) is 0 Å². The molecule has 0 radical (unpaired) electrons. The van der Waals surface area contributed by atoms with Crippen LogP contribution < -0.4 is 5.32 Å². The molecule has 1 nitrogen and oxygen atoms in total. The highest BCUT2D eigenvalue weighted by Gasteiger charge is 2.30. The van der Waals surface area contributed by atoms with E-state index in [1.165, 1.54) is 12.1 Å². The molecule has 1 aliphatic heterocycles. The lowest BCUT2D eigenvalue weighted by Crippen LogP contribution is -2.23. The van der Waals surface area contributed by atoms with Gasteiger partial charge in [-0.2, -0.15) is 13.2 Å². The molecule has 1 heterocycles. The van der Waals surface area contributed by atoms with Gasteiger partial charge in [0, 0.05) is 6.04 Å². The summed E-state index contributed by atoms with van der Waals surface area (Å²) < 4.78 is 37.4. The second-order valence-corrected chi connectivity index (χ2v) is 4.20. The summed E-state index contributed by atoms with van der Waals surface area (Å²) >= 11 is 0. The van der Waals surface area contributed by atoms with Crippen LogP contribution >= 0.6 is 0 Å². The van der Waals surface area contributed by atoms with Crippen molar-refractivity contribution < 1.29 is 13.2 Å². The first-order chi connectivity index (χ1) is 7.55. The summed E-state index contributed by atoms with van der Waals surface area (Å²) in [6, 6.07) is 5.94. The van der Waals surface area contributed by atoms with Crippen molar-refractivity contribution in [1.29, 1.82) is 0 Å². The Balaban J connectivity index is 2.09. The van der Waals surface area contributed by atoms with E-state index in [0.717, 1.165) is 31.0 Å². The molecule has 0 bridgehead atoms. The third-order valence-corrected chi connectivity index (χ3v) is 2.90. The van der Waals surface area contributed by atoms with Gasteiger partial charge < -0.3 is 5.32 Å². The smallest absolute Gasteiger partial charge is 0.314 e. The molecule has 0 amide bonds. The van der Waals surface area contributed by atoms with E-state index in [0.29, 0.717) is 12.5 Å². The highest BCUT2D eigenvalue weighted by Crippen LogP contribution is 2.29. The Morgan fingerprint density at radius 3 is 2.75 bits per heavy atom. The van der Waals surface area contributed by atoms with Gasteiger partial charge in [-0.3, -0.25) is 0 Å². The van der Waals surface area contributed by atoms with Gasteiger partial charge in [-0.15, -0.1) is 0 Å². The van der Waals surface area contributed by atoms with E-state index in [9.17, 15) is 13.2 Å². The van der Waals surface area contributed by atoms with Crippen molar-refractivity contribution >= 4 is 0 Å². The molecule has 1 fully saturated rings. The number of nitrogens with one attached hydrogen (secondary N) is 1. The van der Waals surface area contributed by atoms with Crippen molar-refractivity contribution in [2.75, 3.05) is 6.54 Å². The van der Waals surface area contributed by atoms with Crippen LogP contribution in [-0.4, -0.2) is 12.6 Å². The number of halogens is 3.